The second-order valence-corrected chi connectivity index (χ2v) is 9.01. The fraction of sp³-hybridized carbons (Fsp3) is 0.316. The first-order valence-electron chi connectivity index (χ1n) is 8.28. The number of carbonyl (C=O) groups excluding carboxylic acids is 1. The molecule has 5 nitrogen and oxygen atoms in total. The van der Waals surface area contributed by atoms with Gasteiger partial charge in [-0.3, -0.25) is 4.79 Å². The molecule has 0 aromatic heterocycles. The number of rotatable bonds is 5. The standard InChI is InChI=1S/C19H20ClNO4S/c1-25-18-7-5-14(6-8-18)12-21(17-9-10-26(23,24)13-17)19(22)15-3-2-4-16(20)11-15/h2-8,11,17H,9-10,12-13H2,1H3. The lowest BCUT2D eigenvalue weighted by atomic mass is 10.1. The lowest BCUT2D eigenvalue weighted by molar-refractivity contribution is 0.0681. The largest absolute Gasteiger partial charge is 0.497 e. The Bertz CT molecular complexity index is 896. The van der Waals surface area contributed by atoms with Gasteiger partial charge in [-0.25, -0.2) is 8.42 Å². The summed E-state index contributed by atoms with van der Waals surface area (Å²) < 4.78 is 29.0. The van der Waals surface area contributed by atoms with Crippen LogP contribution in [0.25, 0.3) is 0 Å². The molecule has 7 heteroatoms. The van der Waals surface area contributed by atoms with Crippen molar-refractivity contribution >= 4 is 27.3 Å². The van der Waals surface area contributed by atoms with Gasteiger partial charge in [-0.2, -0.15) is 0 Å². The first kappa shape index (κ1) is 18.7. The summed E-state index contributed by atoms with van der Waals surface area (Å²) in [5, 5.41) is 0.472. The third kappa shape index (κ3) is 4.37. The molecule has 0 radical (unpaired) electrons. The van der Waals surface area contributed by atoms with Crippen molar-refractivity contribution in [2.24, 2.45) is 0 Å². The van der Waals surface area contributed by atoms with E-state index >= 15 is 0 Å². The van der Waals surface area contributed by atoms with Gasteiger partial charge in [0.2, 0.25) is 0 Å². The average Bonchev–Trinajstić information content (AvgIpc) is 2.99. The fourth-order valence-electron chi connectivity index (χ4n) is 3.10. The van der Waals surface area contributed by atoms with Gasteiger partial charge in [0.05, 0.1) is 18.6 Å². The van der Waals surface area contributed by atoms with Crippen LogP contribution in [0.15, 0.2) is 48.5 Å². The SMILES string of the molecule is COc1ccc(CN(C(=O)c2cccc(Cl)c2)C2CCS(=O)(=O)C2)cc1. The highest BCUT2D eigenvalue weighted by atomic mass is 35.5. The number of hydrogen-bond acceptors (Lipinski definition) is 4. The van der Waals surface area contributed by atoms with Crippen LogP contribution in [0.4, 0.5) is 0 Å². The summed E-state index contributed by atoms with van der Waals surface area (Å²) >= 11 is 6.01. The zero-order valence-corrected chi connectivity index (χ0v) is 16.0. The second-order valence-electron chi connectivity index (χ2n) is 6.35. The van der Waals surface area contributed by atoms with Crippen molar-refractivity contribution in [2.75, 3.05) is 18.6 Å². The Morgan fingerprint density at radius 2 is 1.96 bits per heavy atom. The highest BCUT2D eigenvalue weighted by molar-refractivity contribution is 7.91. The van der Waals surface area contributed by atoms with Crippen LogP contribution in [0.1, 0.15) is 22.3 Å². The Hall–Kier alpha value is -2.05. The van der Waals surface area contributed by atoms with Crippen molar-refractivity contribution in [1.82, 2.24) is 4.90 Å². The van der Waals surface area contributed by atoms with Crippen molar-refractivity contribution in [2.45, 2.75) is 19.0 Å². The van der Waals surface area contributed by atoms with Crippen LogP contribution in [-0.2, 0) is 16.4 Å². The Kier molecular flexibility index (Phi) is 5.53. The molecule has 2 aromatic rings. The quantitative estimate of drug-likeness (QED) is 0.782. The molecule has 1 fully saturated rings. The van der Waals surface area contributed by atoms with Crippen molar-refractivity contribution in [3.05, 3.63) is 64.7 Å². The third-order valence-corrected chi connectivity index (χ3v) is 6.48. The highest BCUT2D eigenvalue weighted by Gasteiger charge is 2.35. The number of amides is 1. The molecular formula is C19H20ClNO4S. The molecule has 1 amide bonds. The lowest BCUT2D eigenvalue weighted by Gasteiger charge is -2.28. The number of sulfone groups is 1. The van der Waals surface area contributed by atoms with E-state index in [0.717, 1.165) is 11.3 Å². The molecule has 0 saturated carbocycles. The van der Waals surface area contributed by atoms with Gasteiger partial charge in [0.15, 0.2) is 9.84 Å². The lowest BCUT2D eigenvalue weighted by Crippen LogP contribution is -2.40. The number of carbonyl (C=O) groups is 1. The van der Waals surface area contributed by atoms with Crippen molar-refractivity contribution in [1.29, 1.82) is 0 Å². The van der Waals surface area contributed by atoms with E-state index in [2.05, 4.69) is 0 Å². The minimum absolute atomic E-state index is 0.00450. The Labute approximate surface area is 158 Å². The van der Waals surface area contributed by atoms with E-state index in [0.29, 0.717) is 23.6 Å². The van der Waals surface area contributed by atoms with Crippen LogP contribution in [0.5, 0.6) is 5.75 Å². The average molecular weight is 394 g/mol. The zero-order chi connectivity index (χ0) is 18.7. The van der Waals surface area contributed by atoms with Gasteiger partial charge in [-0.05, 0) is 42.3 Å². The van der Waals surface area contributed by atoms with Gasteiger partial charge in [-0.1, -0.05) is 29.8 Å². The van der Waals surface area contributed by atoms with Crippen LogP contribution >= 0.6 is 11.6 Å². The number of benzene rings is 2. The van der Waals surface area contributed by atoms with Crippen LogP contribution < -0.4 is 4.74 Å². The normalized spacial score (nSPS) is 18.5. The van der Waals surface area contributed by atoms with Gasteiger partial charge < -0.3 is 9.64 Å². The summed E-state index contributed by atoms with van der Waals surface area (Å²) in [5.74, 6) is 0.616. The molecule has 26 heavy (non-hydrogen) atoms. The molecule has 3 rings (SSSR count). The molecule has 2 aromatic carbocycles. The van der Waals surface area contributed by atoms with E-state index in [4.69, 9.17) is 16.3 Å². The molecular weight excluding hydrogens is 374 g/mol. The van der Waals surface area contributed by atoms with Crippen molar-refractivity contribution < 1.29 is 17.9 Å². The highest BCUT2D eigenvalue weighted by Crippen LogP contribution is 2.24. The number of hydrogen-bond donors (Lipinski definition) is 0. The third-order valence-electron chi connectivity index (χ3n) is 4.49. The minimum atomic E-state index is -3.11. The first-order valence-corrected chi connectivity index (χ1v) is 10.5. The molecule has 0 bridgehead atoms. The molecule has 1 saturated heterocycles. The van der Waals surface area contributed by atoms with Crippen LogP contribution in [0.2, 0.25) is 5.02 Å². The van der Waals surface area contributed by atoms with Gasteiger partial charge in [0.1, 0.15) is 5.75 Å². The van der Waals surface area contributed by atoms with E-state index in [1.54, 1.807) is 36.3 Å². The Morgan fingerprint density at radius 3 is 2.54 bits per heavy atom. The van der Waals surface area contributed by atoms with Gasteiger partial charge in [-0.15, -0.1) is 0 Å². The fourth-order valence-corrected chi connectivity index (χ4v) is 5.02. The molecule has 138 valence electrons. The summed E-state index contributed by atoms with van der Waals surface area (Å²) in [6.45, 7) is 0.329. The molecule has 0 aliphatic carbocycles. The summed E-state index contributed by atoms with van der Waals surface area (Å²) in [7, 11) is -1.52. The molecule has 1 aliphatic heterocycles. The van der Waals surface area contributed by atoms with Crippen molar-refractivity contribution in [3.8, 4) is 5.75 Å². The predicted molar refractivity (Wildman–Crippen MR) is 101 cm³/mol. The van der Waals surface area contributed by atoms with E-state index in [1.807, 2.05) is 24.3 Å². The second kappa shape index (κ2) is 7.68. The maximum absolute atomic E-state index is 13.1. The van der Waals surface area contributed by atoms with Crippen molar-refractivity contribution in [3.63, 3.8) is 0 Å². The number of nitrogens with zero attached hydrogens (tertiary/aromatic N) is 1. The topological polar surface area (TPSA) is 63.7 Å². The Balaban J connectivity index is 1.89. The van der Waals surface area contributed by atoms with Crippen LogP contribution in [0.3, 0.4) is 0 Å². The summed E-state index contributed by atoms with van der Waals surface area (Å²) in [4.78, 5) is 14.7. The Morgan fingerprint density at radius 1 is 1.23 bits per heavy atom. The predicted octanol–water partition coefficient (Wildman–Crippen LogP) is 3.18. The van der Waals surface area contributed by atoms with E-state index in [-0.39, 0.29) is 23.5 Å². The smallest absolute Gasteiger partial charge is 0.254 e. The molecule has 1 heterocycles. The monoisotopic (exact) mass is 393 g/mol. The van der Waals surface area contributed by atoms with E-state index in [1.165, 1.54) is 0 Å². The van der Waals surface area contributed by atoms with E-state index < -0.39 is 9.84 Å². The van der Waals surface area contributed by atoms with Gasteiger partial charge in [0.25, 0.3) is 5.91 Å². The summed E-state index contributed by atoms with van der Waals surface area (Å²) in [5.41, 5.74) is 1.36. The van der Waals surface area contributed by atoms with Gasteiger partial charge >= 0.3 is 0 Å². The molecule has 0 spiro atoms. The minimum Gasteiger partial charge on any atom is -0.497 e. The maximum atomic E-state index is 13.1. The maximum Gasteiger partial charge on any atom is 0.254 e. The van der Waals surface area contributed by atoms with Gasteiger partial charge in [0, 0.05) is 23.2 Å². The zero-order valence-electron chi connectivity index (χ0n) is 14.4. The number of halogens is 1. The van der Waals surface area contributed by atoms with Crippen LogP contribution in [0, 0.1) is 0 Å². The van der Waals surface area contributed by atoms with E-state index in [9.17, 15) is 13.2 Å². The molecule has 1 atom stereocenters. The first-order chi connectivity index (χ1) is 12.4. The number of methoxy groups -OCH3 is 1. The number of ether oxygens (including phenoxy) is 1. The molecule has 1 aliphatic rings. The molecule has 0 N–H and O–H groups in total. The molecule has 1 unspecified atom stereocenters. The van der Waals surface area contributed by atoms with Crippen LogP contribution in [-0.4, -0.2) is 43.9 Å². The summed E-state index contributed by atoms with van der Waals surface area (Å²) in [6, 6.07) is 13.8. The summed E-state index contributed by atoms with van der Waals surface area (Å²) in [6.07, 6.45) is 0.449.